The minimum Gasteiger partial charge on any atom is -0.394 e. The van der Waals surface area contributed by atoms with Gasteiger partial charge in [-0.3, -0.25) is 4.79 Å². The van der Waals surface area contributed by atoms with Crippen molar-refractivity contribution in [2.24, 2.45) is 0 Å². The first-order valence-electron chi connectivity index (χ1n) is 5.23. The molecule has 0 bridgehead atoms. The lowest BCUT2D eigenvalue weighted by atomic mass is 10.1. The summed E-state index contributed by atoms with van der Waals surface area (Å²) in [5.41, 5.74) is 0.932. The standard InChI is InChI=1S/C11H11ClN4O2/c12-8-3-1-7(2-4-8)10(6-17)14-11(18)9-5-13-16-15-9/h1-5,10,17H,6H2,(H,14,18)(H,13,15,16). The van der Waals surface area contributed by atoms with Gasteiger partial charge in [0.2, 0.25) is 0 Å². The SMILES string of the molecule is O=C(NC(CO)c1ccc(Cl)cc1)c1cn[nH]n1. The first-order chi connectivity index (χ1) is 8.70. The van der Waals surface area contributed by atoms with E-state index in [1.54, 1.807) is 24.3 Å². The molecule has 0 saturated carbocycles. The molecule has 2 aromatic rings. The number of aromatic nitrogens is 3. The highest BCUT2D eigenvalue weighted by Crippen LogP contribution is 2.16. The zero-order valence-electron chi connectivity index (χ0n) is 9.30. The molecule has 18 heavy (non-hydrogen) atoms. The van der Waals surface area contributed by atoms with Gasteiger partial charge in [0.15, 0.2) is 5.69 Å². The normalized spacial score (nSPS) is 12.1. The molecule has 1 aromatic heterocycles. The molecule has 0 aliphatic carbocycles. The summed E-state index contributed by atoms with van der Waals surface area (Å²) in [6.45, 7) is -0.217. The number of rotatable bonds is 4. The number of halogens is 1. The molecular weight excluding hydrogens is 256 g/mol. The van der Waals surface area contributed by atoms with Crippen LogP contribution in [0.4, 0.5) is 0 Å². The molecule has 6 nitrogen and oxygen atoms in total. The van der Waals surface area contributed by atoms with Crippen molar-refractivity contribution >= 4 is 17.5 Å². The summed E-state index contributed by atoms with van der Waals surface area (Å²) in [5, 5.41) is 22.1. The molecule has 1 aromatic carbocycles. The Labute approximate surface area is 108 Å². The lowest BCUT2D eigenvalue weighted by Crippen LogP contribution is -2.31. The number of aliphatic hydroxyl groups is 1. The number of H-pyrrole nitrogens is 1. The van der Waals surface area contributed by atoms with E-state index in [9.17, 15) is 9.90 Å². The van der Waals surface area contributed by atoms with Gasteiger partial charge in [-0.1, -0.05) is 23.7 Å². The van der Waals surface area contributed by atoms with Gasteiger partial charge < -0.3 is 10.4 Å². The second-order valence-corrected chi connectivity index (χ2v) is 4.05. The van der Waals surface area contributed by atoms with Crippen molar-refractivity contribution in [1.82, 2.24) is 20.7 Å². The summed E-state index contributed by atoms with van der Waals surface area (Å²) in [4.78, 5) is 11.7. The van der Waals surface area contributed by atoms with Crippen LogP contribution in [0.5, 0.6) is 0 Å². The number of benzene rings is 1. The Kier molecular flexibility index (Phi) is 3.91. The molecule has 0 aliphatic heterocycles. The molecule has 0 aliphatic rings. The summed E-state index contributed by atoms with van der Waals surface area (Å²) in [5.74, 6) is -0.405. The molecule has 1 unspecified atom stereocenters. The number of aliphatic hydroxyl groups excluding tert-OH is 1. The van der Waals surface area contributed by atoms with Gasteiger partial charge in [0, 0.05) is 5.02 Å². The van der Waals surface area contributed by atoms with Gasteiger partial charge in [0.25, 0.3) is 5.91 Å². The Balaban J connectivity index is 2.10. The van der Waals surface area contributed by atoms with Crippen molar-refractivity contribution in [1.29, 1.82) is 0 Å². The van der Waals surface area contributed by atoms with Crippen molar-refractivity contribution in [3.63, 3.8) is 0 Å². The summed E-state index contributed by atoms with van der Waals surface area (Å²) in [7, 11) is 0. The number of nitrogens with one attached hydrogen (secondary N) is 2. The molecule has 1 heterocycles. The minimum atomic E-state index is -0.508. The van der Waals surface area contributed by atoms with Gasteiger partial charge in [-0.05, 0) is 17.7 Å². The Bertz CT molecular complexity index is 512. The molecule has 0 spiro atoms. The van der Waals surface area contributed by atoms with E-state index < -0.39 is 11.9 Å². The van der Waals surface area contributed by atoms with Gasteiger partial charge in [-0.25, -0.2) is 0 Å². The summed E-state index contributed by atoms with van der Waals surface area (Å²) < 4.78 is 0. The Hall–Kier alpha value is -1.92. The number of hydrogen-bond donors (Lipinski definition) is 3. The molecule has 94 valence electrons. The summed E-state index contributed by atoms with van der Waals surface area (Å²) >= 11 is 5.77. The maximum atomic E-state index is 11.7. The van der Waals surface area contributed by atoms with Crippen LogP contribution in [0.15, 0.2) is 30.5 Å². The van der Waals surface area contributed by atoms with Crippen LogP contribution in [0.1, 0.15) is 22.1 Å². The molecule has 7 heteroatoms. The molecule has 3 N–H and O–H groups in total. The molecule has 1 atom stereocenters. The average molecular weight is 267 g/mol. The predicted octanol–water partition coefficient (Wildman–Crippen LogP) is 0.922. The number of hydrogen-bond acceptors (Lipinski definition) is 4. The first kappa shape index (κ1) is 12.5. The van der Waals surface area contributed by atoms with E-state index in [2.05, 4.69) is 20.7 Å². The van der Waals surface area contributed by atoms with E-state index in [4.69, 9.17) is 11.6 Å². The Morgan fingerprint density at radius 2 is 2.17 bits per heavy atom. The van der Waals surface area contributed by atoms with Crippen molar-refractivity contribution in [2.45, 2.75) is 6.04 Å². The first-order valence-corrected chi connectivity index (χ1v) is 5.61. The number of amides is 1. The van der Waals surface area contributed by atoms with Crippen LogP contribution in [0.25, 0.3) is 0 Å². The second-order valence-electron chi connectivity index (χ2n) is 3.62. The smallest absolute Gasteiger partial charge is 0.274 e. The topological polar surface area (TPSA) is 90.9 Å². The lowest BCUT2D eigenvalue weighted by Gasteiger charge is -2.15. The summed E-state index contributed by atoms with van der Waals surface area (Å²) in [6, 6.07) is 6.37. The van der Waals surface area contributed by atoms with Gasteiger partial charge in [0.1, 0.15) is 0 Å². The molecule has 0 saturated heterocycles. The highest BCUT2D eigenvalue weighted by molar-refractivity contribution is 6.30. The lowest BCUT2D eigenvalue weighted by molar-refractivity contribution is 0.0911. The van der Waals surface area contributed by atoms with Crippen LogP contribution in [0, 0.1) is 0 Å². The third kappa shape index (κ3) is 2.85. The highest BCUT2D eigenvalue weighted by Gasteiger charge is 2.16. The molecule has 2 rings (SSSR count). The summed E-state index contributed by atoms with van der Waals surface area (Å²) in [6.07, 6.45) is 1.31. The number of carbonyl (C=O) groups is 1. The number of carbonyl (C=O) groups excluding carboxylic acids is 1. The second kappa shape index (κ2) is 5.61. The maximum Gasteiger partial charge on any atom is 0.274 e. The van der Waals surface area contributed by atoms with Gasteiger partial charge >= 0.3 is 0 Å². The van der Waals surface area contributed by atoms with Crippen molar-refractivity contribution in [3.05, 3.63) is 46.7 Å². The zero-order valence-corrected chi connectivity index (χ0v) is 10.1. The zero-order chi connectivity index (χ0) is 13.0. The van der Waals surface area contributed by atoms with Crippen molar-refractivity contribution in [3.8, 4) is 0 Å². The van der Waals surface area contributed by atoms with Gasteiger partial charge in [-0.2, -0.15) is 15.4 Å². The fraction of sp³-hybridized carbons (Fsp3) is 0.182. The third-order valence-electron chi connectivity index (χ3n) is 2.41. The Morgan fingerprint density at radius 3 is 2.72 bits per heavy atom. The van der Waals surface area contributed by atoms with E-state index in [1.165, 1.54) is 6.20 Å². The molecule has 1 amide bonds. The van der Waals surface area contributed by atoms with Gasteiger partial charge in [-0.15, -0.1) is 0 Å². The van der Waals surface area contributed by atoms with Crippen LogP contribution in [0.2, 0.25) is 5.02 Å². The fourth-order valence-electron chi connectivity index (χ4n) is 1.47. The predicted molar refractivity (Wildman–Crippen MR) is 65.1 cm³/mol. The van der Waals surface area contributed by atoms with Crippen LogP contribution in [0.3, 0.4) is 0 Å². The van der Waals surface area contributed by atoms with E-state index >= 15 is 0 Å². The number of aromatic amines is 1. The van der Waals surface area contributed by atoms with E-state index in [0.29, 0.717) is 5.02 Å². The van der Waals surface area contributed by atoms with Crippen LogP contribution in [-0.2, 0) is 0 Å². The fourth-order valence-corrected chi connectivity index (χ4v) is 1.60. The quantitative estimate of drug-likeness (QED) is 0.767. The van der Waals surface area contributed by atoms with E-state index in [1.807, 2.05) is 0 Å². The van der Waals surface area contributed by atoms with Crippen LogP contribution >= 0.6 is 11.6 Å². The number of nitrogens with zero attached hydrogens (tertiary/aromatic N) is 2. The van der Waals surface area contributed by atoms with E-state index in [-0.39, 0.29) is 12.3 Å². The highest BCUT2D eigenvalue weighted by atomic mass is 35.5. The molecule has 0 fully saturated rings. The van der Waals surface area contributed by atoms with Crippen LogP contribution < -0.4 is 5.32 Å². The molecule has 0 radical (unpaired) electrons. The van der Waals surface area contributed by atoms with E-state index in [0.717, 1.165) is 5.56 Å². The van der Waals surface area contributed by atoms with Crippen molar-refractivity contribution < 1.29 is 9.90 Å². The average Bonchev–Trinajstić information content (AvgIpc) is 2.91. The van der Waals surface area contributed by atoms with Crippen LogP contribution in [-0.4, -0.2) is 33.0 Å². The maximum absolute atomic E-state index is 11.7. The molecular formula is C11H11ClN4O2. The minimum absolute atomic E-state index is 0.169. The monoisotopic (exact) mass is 266 g/mol. The van der Waals surface area contributed by atoms with Crippen molar-refractivity contribution in [2.75, 3.05) is 6.61 Å². The Morgan fingerprint density at radius 1 is 1.44 bits per heavy atom. The van der Waals surface area contributed by atoms with Gasteiger partial charge in [0.05, 0.1) is 18.8 Å². The largest absolute Gasteiger partial charge is 0.394 e. The third-order valence-corrected chi connectivity index (χ3v) is 2.66.